The number of rotatable bonds is 8. The van der Waals surface area contributed by atoms with E-state index in [-0.39, 0.29) is 0 Å². The van der Waals surface area contributed by atoms with Crippen LogP contribution in [-0.2, 0) is 4.74 Å². The molecule has 1 aliphatic carbocycles. The Balaban J connectivity index is 1.99. The molecule has 80 valence electrons. The average Bonchev–Trinajstić information content (AvgIpc) is 2.99. The third kappa shape index (κ3) is 4.59. The van der Waals surface area contributed by atoms with Gasteiger partial charge in [0.15, 0.2) is 0 Å². The van der Waals surface area contributed by atoms with Crippen LogP contribution in [0.3, 0.4) is 0 Å². The quantitative estimate of drug-likeness (QED) is 0.601. The van der Waals surface area contributed by atoms with Gasteiger partial charge < -0.3 is 10.1 Å². The highest BCUT2D eigenvalue weighted by Crippen LogP contribution is 2.32. The minimum atomic E-state index is 0.544. The molecule has 0 heterocycles. The number of hydrogen-bond donors (Lipinski definition) is 1. The van der Waals surface area contributed by atoms with Crippen LogP contribution in [0.25, 0.3) is 0 Å². The minimum Gasteiger partial charge on any atom is -0.383 e. The number of ether oxygens (including phenoxy) is 1. The zero-order valence-corrected chi connectivity index (χ0v) is 8.96. The lowest BCUT2D eigenvalue weighted by Crippen LogP contribution is -2.35. The molecule has 3 nitrogen and oxygen atoms in total. The number of nitrogens with zero attached hydrogens (tertiary/aromatic N) is 1. The molecule has 14 heavy (non-hydrogen) atoms. The number of nitriles is 1. The van der Waals surface area contributed by atoms with Gasteiger partial charge in [-0.1, -0.05) is 0 Å². The predicted octanol–water partition coefficient (Wildman–Crippen LogP) is 1.69. The van der Waals surface area contributed by atoms with Crippen molar-refractivity contribution in [1.29, 1.82) is 5.26 Å². The van der Waals surface area contributed by atoms with Crippen LogP contribution in [0, 0.1) is 17.2 Å². The molecule has 0 aromatic rings. The minimum absolute atomic E-state index is 0.544. The largest absolute Gasteiger partial charge is 0.383 e. The Hall–Kier alpha value is -0.590. The number of unbranched alkanes of at least 4 members (excludes halogenated alkanes) is 2. The second kappa shape index (κ2) is 6.80. The smallest absolute Gasteiger partial charge is 0.0621 e. The summed E-state index contributed by atoms with van der Waals surface area (Å²) in [6.45, 7) is 1.84. The molecular formula is C11H20N2O. The standard InChI is InChI=1S/C11H20N2O/c1-14-9-11(10-5-6-10)13-8-4-2-3-7-12/h10-11,13H,2-6,8-9H2,1H3. The van der Waals surface area contributed by atoms with E-state index < -0.39 is 0 Å². The van der Waals surface area contributed by atoms with Crippen LogP contribution in [-0.4, -0.2) is 26.3 Å². The summed E-state index contributed by atoms with van der Waals surface area (Å²) in [5.74, 6) is 0.839. The summed E-state index contributed by atoms with van der Waals surface area (Å²) in [5, 5.41) is 11.9. The van der Waals surface area contributed by atoms with Crippen LogP contribution in [0.5, 0.6) is 0 Å². The number of hydrogen-bond acceptors (Lipinski definition) is 3. The van der Waals surface area contributed by atoms with Crippen LogP contribution in [0.4, 0.5) is 0 Å². The maximum absolute atomic E-state index is 8.37. The van der Waals surface area contributed by atoms with Crippen LogP contribution in [0.1, 0.15) is 32.1 Å². The van der Waals surface area contributed by atoms with Crippen LogP contribution in [0.15, 0.2) is 0 Å². The Bertz CT molecular complexity index is 184. The zero-order chi connectivity index (χ0) is 10.2. The molecule has 0 bridgehead atoms. The van der Waals surface area contributed by atoms with Gasteiger partial charge in [0.2, 0.25) is 0 Å². The lowest BCUT2D eigenvalue weighted by molar-refractivity contribution is 0.157. The molecule has 1 aliphatic rings. The molecule has 1 saturated carbocycles. The maximum atomic E-state index is 8.37. The summed E-state index contributed by atoms with van der Waals surface area (Å²) in [6, 6.07) is 2.71. The van der Waals surface area contributed by atoms with Gasteiger partial charge in [-0.2, -0.15) is 5.26 Å². The van der Waals surface area contributed by atoms with E-state index in [1.165, 1.54) is 12.8 Å². The molecule has 1 fully saturated rings. The van der Waals surface area contributed by atoms with Gasteiger partial charge >= 0.3 is 0 Å². The van der Waals surface area contributed by atoms with Crippen molar-refractivity contribution in [2.75, 3.05) is 20.3 Å². The normalized spacial score (nSPS) is 17.7. The molecular weight excluding hydrogens is 176 g/mol. The first-order valence-corrected chi connectivity index (χ1v) is 5.47. The van der Waals surface area contributed by atoms with E-state index in [9.17, 15) is 0 Å². The summed E-state index contributed by atoms with van der Waals surface area (Å²) in [6.07, 6.45) is 5.48. The first kappa shape index (κ1) is 11.5. The van der Waals surface area contributed by atoms with Gasteiger partial charge in [-0.15, -0.1) is 0 Å². The molecule has 1 rings (SSSR count). The molecule has 0 spiro atoms. The Morgan fingerprint density at radius 1 is 1.50 bits per heavy atom. The highest BCUT2D eigenvalue weighted by molar-refractivity contribution is 4.86. The van der Waals surface area contributed by atoms with Crippen molar-refractivity contribution < 1.29 is 4.74 Å². The molecule has 3 heteroatoms. The second-order valence-electron chi connectivity index (χ2n) is 3.97. The van der Waals surface area contributed by atoms with Crippen molar-refractivity contribution in [2.45, 2.75) is 38.1 Å². The van der Waals surface area contributed by atoms with Gasteiger partial charge in [0.05, 0.1) is 12.7 Å². The highest BCUT2D eigenvalue weighted by Gasteiger charge is 2.30. The molecule has 1 atom stereocenters. The Morgan fingerprint density at radius 3 is 2.86 bits per heavy atom. The van der Waals surface area contributed by atoms with E-state index in [4.69, 9.17) is 10.00 Å². The molecule has 0 aliphatic heterocycles. The highest BCUT2D eigenvalue weighted by atomic mass is 16.5. The summed E-state index contributed by atoms with van der Waals surface area (Å²) < 4.78 is 5.17. The summed E-state index contributed by atoms with van der Waals surface area (Å²) in [4.78, 5) is 0. The van der Waals surface area contributed by atoms with Crippen molar-refractivity contribution in [3.8, 4) is 6.07 Å². The SMILES string of the molecule is COCC(NCCCCC#N)C1CC1. The van der Waals surface area contributed by atoms with Crippen molar-refractivity contribution in [2.24, 2.45) is 5.92 Å². The summed E-state index contributed by atoms with van der Waals surface area (Å²) in [5.41, 5.74) is 0. The predicted molar refractivity (Wildman–Crippen MR) is 55.9 cm³/mol. The van der Waals surface area contributed by atoms with Gasteiger partial charge in [0, 0.05) is 19.6 Å². The van der Waals surface area contributed by atoms with Gasteiger partial charge in [-0.3, -0.25) is 0 Å². The molecule has 0 aromatic heterocycles. The van der Waals surface area contributed by atoms with Gasteiger partial charge in [-0.25, -0.2) is 0 Å². The maximum Gasteiger partial charge on any atom is 0.0621 e. The van der Waals surface area contributed by atoms with E-state index in [2.05, 4.69) is 11.4 Å². The fraction of sp³-hybridized carbons (Fsp3) is 0.909. The fourth-order valence-electron chi connectivity index (χ4n) is 1.66. The average molecular weight is 196 g/mol. The fourth-order valence-corrected chi connectivity index (χ4v) is 1.66. The lowest BCUT2D eigenvalue weighted by atomic mass is 10.2. The van der Waals surface area contributed by atoms with Crippen molar-refractivity contribution >= 4 is 0 Å². The molecule has 1 unspecified atom stereocenters. The molecule has 1 N–H and O–H groups in total. The molecule has 0 amide bonds. The van der Waals surface area contributed by atoms with Crippen LogP contribution >= 0.6 is 0 Å². The van der Waals surface area contributed by atoms with E-state index in [0.717, 1.165) is 31.9 Å². The molecule has 0 radical (unpaired) electrons. The third-order valence-electron chi connectivity index (χ3n) is 2.66. The van der Waals surface area contributed by atoms with Crippen molar-refractivity contribution in [3.05, 3.63) is 0 Å². The van der Waals surface area contributed by atoms with E-state index in [1.54, 1.807) is 7.11 Å². The second-order valence-corrected chi connectivity index (χ2v) is 3.97. The van der Waals surface area contributed by atoms with Crippen molar-refractivity contribution in [3.63, 3.8) is 0 Å². The number of nitrogens with one attached hydrogen (secondary N) is 1. The zero-order valence-electron chi connectivity index (χ0n) is 8.96. The summed E-state index contributed by atoms with van der Waals surface area (Å²) >= 11 is 0. The lowest BCUT2D eigenvalue weighted by Gasteiger charge is -2.16. The van der Waals surface area contributed by atoms with Crippen LogP contribution < -0.4 is 5.32 Å². The monoisotopic (exact) mass is 196 g/mol. The van der Waals surface area contributed by atoms with Crippen molar-refractivity contribution in [1.82, 2.24) is 5.32 Å². The Morgan fingerprint density at radius 2 is 2.29 bits per heavy atom. The van der Waals surface area contributed by atoms with Crippen LogP contribution in [0.2, 0.25) is 0 Å². The molecule has 0 aromatic carbocycles. The van der Waals surface area contributed by atoms with Gasteiger partial charge in [0.1, 0.15) is 0 Å². The van der Waals surface area contributed by atoms with Gasteiger partial charge in [0.25, 0.3) is 0 Å². The van der Waals surface area contributed by atoms with Gasteiger partial charge in [-0.05, 0) is 38.1 Å². The topological polar surface area (TPSA) is 45.0 Å². The van der Waals surface area contributed by atoms with E-state index >= 15 is 0 Å². The Kier molecular flexibility index (Phi) is 5.58. The molecule has 0 saturated heterocycles. The number of methoxy groups -OCH3 is 1. The van der Waals surface area contributed by atoms with E-state index in [1.807, 2.05) is 0 Å². The first-order chi connectivity index (χ1) is 6.88. The Labute approximate surface area is 86.4 Å². The first-order valence-electron chi connectivity index (χ1n) is 5.47. The third-order valence-corrected chi connectivity index (χ3v) is 2.66. The summed E-state index contributed by atoms with van der Waals surface area (Å²) in [7, 11) is 1.76. The van der Waals surface area contributed by atoms with E-state index in [0.29, 0.717) is 12.5 Å².